The van der Waals surface area contributed by atoms with E-state index in [9.17, 15) is 13.6 Å². The van der Waals surface area contributed by atoms with Gasteiger partial charge in [-0.3, -0.25) is 4.79 Å². The van der Waals surface area contributed by atoms with Gasteiger partial charge in [0.05, 0.1) is 19.6 Å². The maximum absolute atomic E-state index is 13.5. The molecule has 1 fully saturated rings. The van der Waals surface area contributed by atoms with Crippen molar-refractivity contribution < 1.29 is 23.5 Å². The normalized spacial score (nSPS) is 19.6. The summed E-state index contributed by atoms with van der Waals surface area (Å²) in [5.41, 5.74) is 5.16. The molecule has 0 radical (unpaired) electrons. The number of amidine groups is 1. The molecule has 1 aromatic carbocycles. The summed E-state index contributed by atoms with van der Waals surface area (Å²) in [5, 5.41) is 11.4. The lowest BCUT2D eigenvalue weighted by molar-refractivity contribution is -0.136. The molecule has 1 saturated heterocycles. The van der Waals surface area contributed by atoms with Gasteiger partial charge in [0.15, 0.2) is 5.84 Å². The number of halogens is 2. The molecule has 21 heavy (non-hydrogen) atoms. The summed E-state index contributed by atoms with van der Waals surface area (Å²) in [4.78, 5) is 13.5. The number of hydrogen-bond acceptors (Lipinski definition) is 4. The summed E-state index contributed by atoms with van der Waals surface area (Å²) in [6.45, 7) is 0.557. The molecule has 3 N–H and O–H groups in total. The number of ether oxygens (including phenoxy) is 1. The molecule has 1 aliphatic rings. The van der Waals surface area contributed by atoms with Crippen molar-refractivity contribution in [3.05, 3.63) is 35.4 Å². The van der Waals surface area contributed by atoms with Crippen molar-refractivity contribution >= 4 is 11.7 Å². The average Bonchev–Trinajstić information content (AvgIpc) is 2.50. The van der Waals surface area contributed by atoms with E-state index >= 15 is 0 Å². The van der Waals surface area contributed by atoms with Crippen LogP contribution in [-0.2, 0) is 16.0 Å². The van der Waals surface area contributed by atoms with Crippen LogP contribution < -0.4 is 5.73 Å². The summed E-state index contributed by atoms with van der Waals surface area (Å²) in [5.74, 6) is -2.11. The van der Waals surface area contributed by atoms with Gasteiger partial charge in [-0.15, -0.1) is 0 Å². The molecule has 1 aromatic rings. The van der Waals surface area contributed by atoms with Crippen molar-refractivity contribution in [3.63, 3.8) is 0 Å². The van der Waals surface area contributed by atoms with E-state index in [1.807, 2.05) is 0 Å². The molecular weight excluding hydrogens is 284 g/mol. The largest absolute Gasteiger partial charge is 0.409 e. The van der Waals surface area contributed by atoms with Crippen LogP contribution in [0.5, 0.6) is 0 Å². The van der Waals surface area contributed by atoms with E-state index in [0.29, 0.717) is 0 Å². The second-order valence-corrected chi connectivity index (χ2v) is 4.60. The van der Waals surface area contributed by atoms with E-state index in [4.69, 9.17) is 15.7 Å². The van der Waals surface area contributed by atoms with Crippen molar-refractivity contribution in [2.45, 2.75) is 12.5 Å². The number of amides is 1. The Morgan fingerprint density at radius 2 is 2.14 bits per heavy atom. The van der Waals surface area contributed by atoms with E-state index in [2.05, 4.69) is 5.16 Å². The number of rotatable bonds is 3. The molecule has 0 bridgehead atoms. The summed E-state index contributed by atoms with van der Waals surface area (Å²) in [6.07, 6.45) is -1.11. The molecule has 1 amide bonds. The molecule has 0 saturated carbocycles. The molecule has 1 unspecified atom stereocenters. The lowest BCUT2D eigenvalue weighted by Gasteiger charge is -2.32. The predicted molar refractivity (Wildman–Crippen MR) is 69.8 cm³/mol. The Balaban J connectivity index is 2.06. The van der Waals surface area contributed by atoms with Gasteiger partial charge in [-0.25, -0.2) is 8.78 Å². The fraction of sp³-hybridized carbons (Fsp3) is 0.385. The minimum Gasteiger partial charge on any atom is -0.409 e. The van der Waals surface area contributed by atoms with E-state index in [0.717, 1.165) is 12.1 Å². The highest BCUT2D eigenvalue weighted by atomic mass is 19.1. The standard InChI is InChI=1S/C13H15F2N3O3/c14-9-2-1-3-10(15)8(9)6-12(19)18-4-5-21-11(7-18)13(16)17-20/h1-3,11,20H,4-7H2,(H2,16,17). The lowest BCUT2D eigenvalue weighted by Crippen LogP contribution is -2.51. The Bertz CT molecular complexity index is 545. The number of nitrogens with two attached hydrogens (primary N) is 1. The van der Waals surface area contributed by atoms with Crippen LogP contribution in [0.3, 0.4) is 0 Å². The first-order chi connectivity index (χ1) is 10.0. The molecule has 0 aromatic heterocycles. The van der Waals surface area contributed by atoms with Crippen molar-refractivity contribution in [3.8, 4) is 0 Å². The lowest BCUT2D eigenvalue weighted by atomic mass is 10.1. The van der Waals surface area contributed by atoms with E-state index < -0.39 is 23.6 Å². The zero-order chi connectivity index (χ0) is 15.4. The summed E-state index contributed by atoms with van der Waals surface area (Å²) >= 11 is 0. The van der Waals surface area contributed by atoms with Crippen LogP contribution in [0.4, 0.5) is 8.78 Å². The quantitative estimate of drug-likeness (QED) is 0.368. The smallest absolute Gasteiger partial charge is 0.227 e. The second kappa shape index (κ2) is 6.49. The molecule has 1 heterocycles. The number of oxime groups is 1. The summed E-state index contributed by atoms with van der Waals surface area (Å²) < 4.78 is 32.3. The van der Waals surface area contributed by atoms with E-state index in [-0.39, 0.29) is 37.5 Å². The van der Waals surface area contributed by atoms with Gasteiger partial charge in [0, 0.05) is 12.1 Å². The Kier molecular flexibility index (Phi) is 4.69. The third-order valence-electron chi connectivity index (χ3n) is 3.25. The maximum atomic E-state index is 13.5. The first kappa shape index (κ1) is 15.2. The van der Waals surface area contributed by atoms with Gasteiger partial charge >= 0.3 is 0 Å². The van der Waals surface area contributed by atoms with Gasteiger partial charge in [-0.05, 0) is 12.1 Å². The van der Waals surface area contributed by atoms with Crippen LogP contribution in [0.2, 0.25) is 0 Å². The number of hydrogen-bond donors (Lipinski definition) is 2. The zero-order valence-electron chi connectivity index (χ0n) is 11.1. The topological polar surface area (TPSA) is 88.2 Å². The first-order valence-electron chi connectivity index (χ1n) is 6.32. The molecule has 0 aliphatic carbocycles. The fourth-order valence-electron chi connectivity index (χ4n) is 2.08. The number of carbonyl (C=O) groups is 1. The maximum Gasteiger partial charge on any atom is 0.227 e. The number of nitrogens with zero attached hydrogens (tertiary/aromatic N) is 2. The molecule has 0 spiro atoms. The van der Waals surface area contributed by atoms with Gasteiger partial charge in [0.25, 0.3) is 0 Å². The molecule has 1 aliphatic heterocycles. The van der Waals surface area contributed by atoms with Crippen molar-refractivity contribution in [1.82, 2.24) is 4.90 Å². The third kappa shape index (κ3) is 3.46. The highest BCUT2D eigenvalue weighted by Crippen LogP contribution is 2.15. The highest BCUT2D eigenvalue weighted by Gasteiger charge is 2.28. The second-order valence-electron chi connectivity index (χ2n) is 4.60. The molecular formula is C13H15F2N3O3. The first-order valence-corrected chi connectivity index (χ1v) is 6.32. The SMILES string of the molecule is N/C(=N/O)C1CN(C(=O)Cc2c(F)cccc2F)CCO1. The average molecular weight is 299 g/mol. The minimum absolute atomic E-state index is 0.0742. The fourth-order valence-corrected chi connectivity index (χ4v) is 2.08. The van der Waals surface area contributed by atoms with Crippen LogP contribution in [0.15, 0.2) is 23.4 Å². The Labute approximate surface area is 119 Å². The van der Waals surface area contributed by atoms with Crippen LogP contribution in [0, 0.1) is 11.6 Å². The van der Waals surface area contributed by atoms with Gasteiger partial charge in [-0.2, -0.15) is 0 Å². The van der Waals surface area contributed by atoms with Crippen LogP contribution in [0.1, 0.15) is 5.56 Å². The Hall–Kier alpha value is -2.22. The Morgan fingerprint density at radius 3 is 2.76 bits per heavy atom. The van der Waals surface area contributed by atoms with Crippen LogP contribution in [-0.4, -0.2) is 47.7 Å². The van der Waals surface area contributed by atoms with E-state index in [1.165, 1.54) is 11.0 Å². The molecule has 2 rings (SSSR count). The van der Waals surface area contributed by atoms with E-state index in [1.54, 1.807) is 0 Å². The minimum atomic E-state index is -0.760. The Morgan fingerprint density at radius 1 is 1.48 bits per heavy atom. The number of carbonyl (C=O) groups excluding carboxylic acids is 1. The van der Waals surface area contributed by atoms with Crippen LogP contribution in [0.25, 0.3) is 0 Å². The summed E-state index contributed by atoms with van der Waals surface area (Å²) in [7, 11) is 0. The molecule has 8 heteroatoms. The summed E-state index contributed by atoms with van der Waals surface area (Å²) in [6, 6.07) is 3.44. The third-order valence-corrected chi connectivity index (χ3v) is 3.25. The van der Waals surface area contributed by atoms with Crippen molar-refractivity contribution in [1.29, 1.82) is 0 Å². The molecule has 1 atom stereocenters. The van der Waals surface area contributed by atoms with Crippen molar-refractivity contribution in [2.75, 3.05) is 19.7 Å². The molecule has 6 nitrogen and oxygen atoms in total. The van der Waals surface area contributed by atoms with Gasteiger partial charge in [0.2, 0.25) is 5.91 Å². The molecule has 114 valence electrons. The highest BCUT2D eigenvalue weighted by molar-refractivity contribution is 5.86. The van der Waals surface area contributed by atoms with Gasteiger partial charge in [0.1, 0.15) is 17.7 Å². The van der Waals surface area contributed by atoms with Crippen LogP contribution >= 0.6 is 0 Å². The van der Waals surface area contributed by atoms with Gasteiger partial charge < -0.3 is 20.6 Å². The number of benzene rings is 1. The van der Waals surface area contributed by atoms with Gasteiger partial charge in [-0.1, -0.05) is 11.2 Å². The number of morpholine rings is 1. The van der Waals surface area contributed by atoms with Crippen molar-refractivity contribution in [2.24, 2.45) is 10.9 Å². The zero-order valence-corrected chi connectivity index (χ0v) is 11.1. The predicted octanol–water partition coefficient (Wildman–Crippen LogP) is 0.481. The monoisotopic (exact) mass is 299 g/mol.